The molecular weight excluding hydrogens is 210 g/mol. The summed E-state index contributed by atoms with van der Waals surface area (Å²) in [6.07, 6.45) is 5.19. The van der Waals surface area contributed by atoms with Gasteiger partial charge >= 0.3 is 0 Å². The van der Waals surface area contributed by atoms with Crippen LogP contribution in [0.3, 0.4) is 0 Å². The van der Waals surface area contributed by atoms with Crippen LogP contribution in [-0.4, -0.2) is 13.2 Å². The second kappa shape index (κ2) is 9.06. The molecule has 96 valence electrons. The fourth-order valence-corrected chi connectivity index (χ4v) is 1.81. The third-order valence-corrected chi connectivity index (χ3v) is 2.82. The summed E-state index contributed by atoms with van der Waals surface area (Å²) >= 11 is 0. The van der Waals surface area contributed by atoms with E-state index >= 15 is 0 Å². The van der Waals surface area contributed by atoms with Gasteiger partial charge in [-0.05, 0) is 19.4 Å². The van der Waals surface area contributed by atoms with E-state index in [9.17, 15) is 0 Å². The van der Waals surface area contributed by atoms with Gasteiger partial charge in [0, 0.05) is 24.4 Å². The molecule has 0 fully saturated rings. The van der Waals surface area contributed by atoms with Gasteiger partial charge in [0.25, 0.3) is 0 Å². The van der Waals surface area contributed by atoms with E-state index in [0.717, 1.165) is 13.2 Å². The molecule has 0 bridgehead atoms. The summed E-state index contributed by atoms with van der Waals surface area (Å²) in [7, 11) is 0. The van der Waals surface area contributed by atoms with Crippen molar-refractivity contribution in [3.63, 3.8) is 0 Å². The maximum absolute atomic E-state index is 5.47. The van der Waals surface area contributed by atoms with E-state index in [4.69, 9.17) is 4.74 Å². The minimum Gasteiger partial charge on any atom is -0.385 e. The summed E-state index contributed by atoms with van der Waals surface area (Å²) in [5, 5.41) is 3.50. The Bertz CT molecular complexity index is 299. The fourth-order valence-electron chi connectivity index (χ4n) is 1.81. The fraction of sp³-hybridized carbons (Fsp3) is 0.600. The molecule has 0 radical (unpaired) electrons. The first-order valence-electron chi connectivity index (χ1n) is 6.78. The van der Waals surface area contributed by atoms with Crippen LogP contribution in [0.1, 0.15) is 45.1 Å². The molecule has 2 nitrogen and oxygen atoms in total. The van der Waals surface area contributed by atoms with E-state index in [-0.39, 0.29) is 0 Å². The van der Waals surface area contributed by atoms with E-state index in [1.165, 1.54) is 36.9 Å². The Morgan fingerprint density at radius 1 is 1.06 bits per heavy atom. The lowest BCUT2D eigenvalue weighted by Crippen LogP contribution is -2.05. The number of para-hydroxylation sites is 1. The molecule has 0 aliphatic carbocycles. The quantitative estimate of drug-likeness (QED) is 0.647. The van der Waals surface area contributed by atoms with Crippen LogP contribution in [0.15, 0.2) is 24.3 Å². The van der Waals surface area contributed by atoms with E-state index < -0.39 is 0 Å². The Hall–Kier alpha value is -1.02. The first-order chi connectivity index (χ1) is 8.38. The molecule has 1 aromatic rings. The van der Waals surface area contributed by atoms with Crippen LogP contribution in [0.5, 0.6) is 0 Å². The van der Waals surface area contributed by atoms with Crippen molar-refractivity contribution in [3.8, 4) is 0 Å². The molecule has 0 aliphatic heterocycles. The molecule has 0 atom stereocenters. The highest BCUT2D eigenvalue weighted by Crippen LogP contribution is 2.16. The summed E-state index contributed by atoms with van der Waals surface area (Å²) in [6, 6.07) is 8.40. The molecule has 1 rings (SSSR count). The Labute approximate surface area is 105 Å². The van der Waals surface area contributed by atoms with Crippen molar-refractivity contribution in [1.29, 1.82) is 0 Å². The molecule has 0 aromatic heterocycles. The van der Waals surface area contributed by atoms with Crippen molar-refractivity contribution in [2.45, 2.75) is 46.1 Å². The first kappa shape index (κ1) is 14.0. The van der Waals surface area contributed by atoms with Crippen LogP contribution >= 0.6 is 0 Å². The van der Waals surface area contributed by atoms with Gasteiger partial charge in [-0.25, -0.2) is 0 Å². The van der Waals surface area contributed by atoms with Crippen LogP contribution in [-0.2, 0) is 11.3 Å². The molecule has 1 N–H and O–H groups in total. The number of hydrogen-bond acceptors (Lipinski definition) is 2. The predicted molar refractivity (Wildman–Crippen MR) is 74.4 cm³/mol. The maximum Gasteiger partial charge on any atom is 0.0736 e. The van der Waals surface area contributed by atoms with Gasteiger partial charge in [-0.2, -0.15) is 0 Å². The van der Waals surface area contributed by atoms with Gasteiger partial charge in [-0.1, -0.05) is 44.4 Å². The standard InChI is InChI=1S/C15H25NO/c1-3-5-6-9-12-16-15-11-8-7-10-14(15)13-17-4-2/h7-8,10-11,16H,3-6,9,12-13H2,1-2H3. The van der Waals surface area contributed by atoms with Crippen LogP contribution in [0, 0.1) is 0 Å². The van der Waals surface area contributed by atoms with Gasteiger partial charge in [-0.3, -0.25) is 0 Å². The van der Waals surface area contributed by atoms with Crippen molar-refractivity contribution in [2.24, 2.45) is 0 Å². The monoisotopic (exact) mass is 235 g/mol. The smallest absolute Gasteiger partial charge is 0.0736 e. The zero-order valence-electron chi connectivity index (χ0n) is 11.2. The molecule has 0 heterocycles. The Kier molecular flexibility index (Phi) is 7.48. The maximum atomic E-state index is 5.47. The van der Waals surface area contributed by atoms with Gasteiger partial charge in [0.2, 0.25) is 0 Å². The topological polar surface area (TPSA) is 21.3 Å². The van der Waals surface area contributed by atoms with E-state index in [0.29, 0.717) is 6.61 Å². The first-order valence-corrected chi connectivity index (χ1v) is 6.78. The SMILES string of the molecule is CCCCCCNc1ccccc1COCC. The summed E-state index contributed by atoms with van der Waals surface area (Å²) in [5.74, 6) is 0. The normalized spacial score (nSPS) is 10.5. The number of benzene rings is 1. The van der Waals surface area contributed by atoms with Gasteiger partial charge < -0.3 is 10.1 Å². The highest BCUT2D eigenvalue weighted by Gasteiger charge is 2.00. The second-order valence-corrected chi connectivity index (χ2v) is 4.28. The molecule has 17 heavy (non-hydrogen) atoms. The average molecular weight is 235 g/mol. The minimum absolute atomic E-state index is 0.703. The Morgan fingerprint density at radius 3 is 2.65 bits per heavy atom. The van der Waals surface area contributed by atoms with E-state index in [2.05, 4.69) is 36.5 Å². The Balaban J connectivity index is 2.35. The van der Waals surface area contributed by atoms with Crippen molar-refractivity contribution < 1.29 is 4.74 Å². The highest BCUT2D eigenvalue weighted by molar-refractivity contribution is 5.50. The molecule has 0 aliphatic rings. The summed E-state index contributed by atoms with van der Waals surface area (Å²) in [6.45, 7) is 6.80. The predicted octanol–water partition coefficient (Wildman–Crippen LogP) is 4.22. The van der Waals surface area contributed by atoms with E-state index in [1.807, 2.05) is 6.92 Å². The third kappa shape index (κ3) is 5.73. The second-order valence-electron chi connectivity index (χ2n) is 4.28. The van der Waals surface area contributed by atoms with Crippen molar-refractivity contribution in [2.75, 3.05) is 18.5 Å². The molecule has 1 aromatic carbocycles. The van der Waals surface area contributed by atoms with Gasteiger partial charge in [0.1, 0.15) is 0 Å². The number of rotatable bonds is 9. The largest absolute Gasteiger partial charge is 0.385 e. The highest BCUT2D eigenvalue weighted by atomic mass is 16.5. The van der Waals surface area contributed by atoms with Gasteiger partial charge in [0.15, 0.2) is 0 Å². The zero-order valence-corrected chi connectivity index (χ0v) is 11.2. The number of nitrogens with one attached hydrogen (secondary N) is 1. The lowest BCUT2D eigenvalue weighted by Gasteiger charge is -2.11. The van der Waals surface area contributed by atoms with Crippen molar-refractivity contribution in [1.82, 2.24) is 0 Å². The average Bonchev–Trinajstić information content (AvgIpc) is 2.37. The van der Waals surface area contributed by atoms with Gasteiger partial charge in [0.05, 0.1) is 6.61 Å². The van der Waals surface area contributed by atoms with Crippen LogP contribution < -0.4 is 5.32 Å². The molecule has 0 unspecified atom stereocenters. The zero-order chi connectivity index (χ0) is 12.3. The van der Waals surface area contributed by atoms with Crippen LogP contribution in [0.25, 0.3) is 0 Å². The number of hydrogen-bond donors (Lipinski definition) is 1. The minimum atomic E-state index is 0.703. The van der Waals surface area contributed by atoms with Crippen LogP contribution in [0.2, 0.25) is 0 Å². The molecule has 0 saturated heterocycles. The van der Waals surface area contributed by atoms with Crippen molar-refractivity contribution >= 4 is 5.69 Å². The Morgan fingerprint density at radius 2 is 1.88 bits per heavy atom. The number of ether oxygens (including phenoxy) is 1. The molecule has 2 heteroatoms. The number of unbranched alkanes of at least 4 members (excludes halogenated alkanes) is 3. The lowest BCUT2D eigenvalue weighted by molar-refractivity contribution is 0.134. The molecule has 0 saturated carbocycles. The summed E-state index contributed by atoms with van der Waals surface area (Å²) in [4.78, 5) is 0. The molecule has 0 spiro atoms. The van der Waals surface area contributed by atoms with Crippen LogP contribution in [0.4, 0.5) is 5.69 Å². The van der Waals surface area contributed by atoms with Gasteiger partial charge in [-0.15, -0.1) is 0 Å². The van der Waals surface area contributed by atoms with Crippen molar-refractivity contribution in [3.05, 3.63) is 29.8 Å². The summed E-state index contributed by atoms with van der Waals surface area (Å²) in [5.41, 5.74) is 2.47. The summed E-state index contributed by atoms with van der Waals surface area (Å²) < 4.78 is 5.47. The molecule has 0 amide bonds. The number of anilines is 1. The van der Waals surface area contributed by atoms with E-state index in [1.54, 1.807) is 0 Å². The third-order valence-electron chi connectivity index (χ3n) is 2.82. The molecular formula is C15H25NO. The lowest BCUT2D eigenvalue weighted by atomic mass is 10.1.